The maximum atomic E-state index is 5.53. The lowest BCUT2D eigenvalue weighted by Gasteiger charge is -2.13. The zero-order chi connectivity index (χ0) is 11.3. The van der Waals surface area contributed by atoms with Crippen LogP contribution in [0.2, 0.25) is 0 Å². The number of anilines is 2. The second-order valence-electron chi connectivity index (χ2n) is 3.86. The molecular formula is C10H19N5. The molecule has 0 bridgehead atoms. The molecule has 0 spiro atoms. The molecule has 1 aromatic heterocycles. The Kier molecular flexibility index (Phi) is 4.30. The maximum Gasteiger partial charge on any atom is 0.226 e. The normalized spacial score (nSPS) is 12.3. The highest BCUT2D eigenvalue weighted by molar-refractivity contribution is 5.40. The van der Waals surface area contributed by atoms with E-state index in [1.807, 2.05) is 25.1 Å². The molecule has 0 aliphatic carbocycles. The van der Waals surface area contributed by atoms with Gasteiger partial charge >= 0.3 is 0 Å². The van der Waals surface area contributed by atoms with Crippen LogP contribution in [0, 0.1) is 5.92 Å². The molecule has 0 aliphatic heterocycles. The summed E-state index contributed by atoms with van der Waals surface area (Å²) in [5.41, 5.74) is 5.53. The summed E-state index contributed by atoms with van der Waals surface area (Å²) < 4.78 is 0. The Morgan fingerprint density at radius 3 is 2.87 bits per heavy atom. The average molecular weight is 209 g/mol. The van der Waals surface area contributed by atoms with E-state index in [-0.39, 0.29) is 0 Å². The number of nitrogens with zero attached hydrogens (tertiary/aromatic N) is 3. The number of rotatable bonds is 5. The van der Waals surface area contributed by atoms with Gasteiger partial charge in [-0.3, -0.25) is 0 Å². The number of nitrogens with one attached hydrogen (secondary N) is 1. The number of nitrogens with two attached hydrogens (primary N) is 1. The van der Waals surface area contributed by atoms with Crippen LogP contribution in [0.15, 0.2) is 12.3 Å². The van der Waals surface area contributed by atoms with Gasteiger partial charge in [-0.2, -0.15) is 4.98 Å². The van der Waals surface area contributed by atoms with Crippen LogP contribution in [0.25, 0.3) is 0 Å². The maximum absolute atomic E-state index is 5.53. The van der Waals surface area contributed by atoms with Crippen molar-refractivity contribution in [3.05, 3.63) is 12.3 Å². The first-order valence-corrected chi connectivity index (χ1v) is 5.07. The molecule has 0 saturated carbocycles. The van der Waals surface area contributed by atoms with E-state index >= 15 is 0 Å². The van der Waals surface area contributed by atoms with Crippen LogP contribution in [0.3, 0.4) is 0 Å². The van der Waals surface area contributed by atoms with Crippen LogP contribution in [0.5, 0.6) is 0 Å². The van der Waals surface area contributed by atoms with Crippen molar-refractivity contribution in [2.45, 2.75) is 6.92 Å². The minimum Gasteiger partial charge on any atom is -0.370 e. The molecule has 0 aromatic carbocycles. The summed E-state index contributed by atoms with van der Waals surface area (Å²) in [5.74, 6) is 2.00. The predicted octanol–water partition coefficient (Wildman–Crippen LogP) is 0.549. The molecule has 1 aromatic rings. The fourth-order valence-corrected chi connectivity index (χ4v) is 1.02. The van der Waals surface area contributed by atoms with Crippen LogP contribution in [0.1, 0.15) is 6.92 Å². The Bertz CT molecular complexity index is 300. The number of aromatic nitrogens is 2. The third-order valence-electron chi connectivity index (χ3n) is 2.08. The van der Waals surface area contributed by atoms with Crippen molar-refractivity contribution in [1.29, 1.82) is 0 Å². The van der Waals surface area contributed by atoms with E-state index in [1.165, 1.54) is 0 Å². The Morgan fingerprint density at radius 2 is 2.27 bits per heavy atom. The zero-order valence-electron chi connectivity index (χ0n) is 9.57. The van der Waals surface area contributed by atoms with Gasteiger partial charge in [0.25, 0.3) is 0 Å². The number of hydrogen-bond acceptors (Lipinski definition) is 5. The van der Waals surface area contributed by atoms with Gasteiger partial charge in [0.2, 0.25) is 5.95 Å². The Labute approximate surface area is 90.7 Å². The molecule has 84 valence electrons. The van der Waals surface area contributed by atoms with Gasteiger partial charge in [0.1, 0.15) is 5.82 Å². The second-order valence-corrected chi connectivity index (χ2v) is 3.86. The standard InChI is InChI=1S/C10H19N5/c1-8(6-11)7-13-9-4-5-12-10(14-9)15(2)3/h4-5,8H,6-7,11H2,1-3H3,(H,12,13,14). The fraction of sp³-hybridized carbons (Fsp3) is 0.600. The van der Waals surface area contributed by atoms with Crippen molar-refractivity contribution < 1.29 is 0 Å². The topological polar surface area (TPSA) is 67.1 Å². The molecule has 1 rings (SSSR count). The minimum atomic E-state index is 0.447. The van der Waals surface area contributed by atoms with Gasteiger partial charge in [-0.25, -0.2) is 4.98 Å². The molecule has 0 aliphatic rings. The van der Waals surface area contributed by atoms with E-state index in [0.29, 0.717) is 18.4 Å². The molecule has 1 atom stereocenters. The summed E-state index contributed by atoms with van der Waals surface area (Å²) in [6, 6.07) is 1.86. The highest BCUT2D eigenvalue weighted by Crippen LogP contribution is 2.08. The highest BCUT2D eigenvalue weighted by atomic mass is 15.2. The predicted molar refractivity (Wildman–Crippen MR) is 63.1 cm³/mol. The zero-order valence-corrected chi connectivity index (χ0v) is 9.57. The third kappa shape index (κ3) is 3.71. The number of hydrogen-bond donors (Lipinski definition) is 2. The van der Waals surface area contributed by atoms with Gasteiger partial charge in [-0.05, 0) is 18.5 Å². The monoisotopic (exact) mass is 209 g/mol. The molecule has 0 amide bonds. The SMILES string of the molecule is CC(CN)CNc1ccnc(N(C)C)n1. The van der Waals surface area contributed by atoms with Gasteiger partial charge in [0, 0.05) is 26.8 Å². The lowest BCUT2D eigenvalue weighted by Crippen LogP contribution is -2.20. The van der Waals surface area contributed by atoms with Crippen LogP contribution in [-0.4, -0.2) is 37.2 Å². The summed E-state index contributed by atoms with van der Waals surface area (Å²) in [6.45, 7) is 3.61. The molecular weight excluding hydrogens is 190 g/mol. The van der Waals surface area contributed by atoms with Crippen LogP contribution >= 0.6 is 0 Å². The molecule has 0 fully saturated rings. The smallest absolute Gasteiger partial charge is 0.226 e. The summed E-state index contributed by atoms with van der Waals surface area (Å²) in [5, 5.41) is 3.23. The lowest BCUT2D eigenvalue weighted by molar-refractivity contribution is 0.627. The molecule has 5 nitrogen and oxygen atoms in total. The third-order valence-corrected chi connectivity index (χ3v) is 2.08. The van der Waals surface area contributed by atoms with E-state index in [0.717, 1.165) is 12.4 Å². The average Bonchev–Trinajstić information content (AvgIpc) is 2.26. The largest absolute Gasteiger partial charge is 0.370 e. The molecule has 1 unspecified atom stereocenters. The van der Waals surface area contributed by atoms with E-state index in [9.17, 15) is 0 Å². The Hall–Kier alpha value is -1.36. The first kappa shape index (κ1) is 11.7. The molecule has 0 saturated heterocycles. The second kappa shape index (κ2) is 5.50. The van der Waals surface area contributed by atoms with Gasteiger partial charge in [0.05, 0.1) is 0 Å². The fourth-order valence-electron chi connectivity index (χ4n) is 1.02. The van der Waals surface area contributed by atoms with Crippen molar-refractivity contribution in [1.82, 2.24) is 9.97 Å². The summed E-state index contributed by atoms with van der Waals surface area (Å²) >= 11 is 0. The molecule has 5 heteroatoms. The van der Waals surface area contributed by atoms with Gasteiger partial charge < -0.3 is 16.0 Å². The summed E-state index contributed by atoms with van der Waals surface area (Å²) in [6.07, 6.45) is 1.75. The first-order valence-electron chi connectivity index (χ1n) is 5.07. The van der Waals surface area contributed by atoms with Crippen LogP contribution in [0.4, 0.5) is 11.8 Å². The van der Waals surface area contributed by atoms with Crippen molar-refractivity contribution in [2.75, 3.05) is 37.4 Å². The van der Waals surface area contributed by atoms with Crippen molar-refractivity contribution in [3.8, 4) is 0 Å². The van der Waals surface area contributed by atoms with Crippen LogP contribution < -0.4 is 16.0 Å². The van der Waals surface area contributed by atoms with E-state index in [2.05, 4.69) is 22.2 Å². The quantitative estimate of drug-likeness (QED) is 0.741. The first-order chi connectivity index (χ1) is 7.13. The van der Waals surface area contributed by atoms with Gasteiger partial charge in [-0.15, -0.1) is 0 Å². The molecule has 0 radical (unpaired) electrons. The molecule has 1 heterocycles. The van der Waals surface area contributed by atoms with E-state index in [4.69, 9.17) is 5.73 Å². The molecule has 15 heavy (non-hydrogen) atoms. The lowest BCUT2D eigenvalue weighted by atomic mass is 10.2. The Balaban J connectivity index is 2.58. The van der Waals surface area contributed by atoms with Gasteiger partial charge in [-0.1, -0.05) is 6.92 Å². The summed E-state index contributed by atoms with van der Waals surface area (Å²) in [7, 11) is 3.84. The van der Waals surface area contributed by atoms with Crippen LogP contribution in [-0.2, 0) is 0 Å². The van der Waals surface area contributed by atoms with Crippen molar-refractivity contribution in [3.63, 3.8) is 0 Å². The van der Waals surface area contributed by atoms with Crippen molar-refractivity contribution >= 4 is 11.8 Å². The van der Waals surface area contributed by atoms with E-state index < -0.39 is 0 Å². The highest BCUT2D eigenvalue weighted by Gasteiger charge is 2.02. The van der Waals surface area contributed by atoms with Crippen molar-refractivity contribution in [2.24, 2.45) is 11.7 Å². The summed E-state index contributed by atoms with van der Waals surface area (Å²) in [4.78, 5) is 10.4. The van der Waals surface area contributed by atoms with E-state index in [1.54, 1.807) is 6.20 Å². The minimum absolute atomic E-state index is 0.447. The molecule has 3 N–H and O–H groups in total. The Morgan fingerprint density at radius 1 is 1.53 bits per heavy atom. The van der Waals surface area contributed by atoms with Gasteiger partial charge in [0.15, 0.2) is 0 Å².